The maximum atomic E-state index is 11.7. The first-order valence-electron chi connectivity index (χ1n) is 6.32. The number of hydrogen-bond acceptors (Lipinski definition) is 6. The highest BCUT2D eigenvalue weighted by atomic mass is 32.1. The van der Waals surface area contributed by atoms with Gasteiger partial charge in [0.25, 0.3) is 5.89 Å². The van der Waals surface area contributed by atoms with Gasteiger partial charge in [0.2, 0.25) is 5.82 Å². The van der Waals surface area contributed by atoms with E-state index in [-0.39, 0.29) is 18.5 Å². The van der Waals surface area contributed by atoms with Crippen LogP contribution in [0.15, 0.2) is 46.3 Å². The third-order valence-electron chi connectivity index (χ3n) is 2.83. The van der Waals surface area contributed by atoms with Gasteiger partial charge in [-0.05, 0) is 18.4 Å². The zero-order valence-corrected chi connectivity index (χ0v) is 12.1. The van der Waals surface area contributed by atoms with Gasteiger partial charge in [-0.15, -0.1) is 11.3 Å². The smallest absolute Gasteiger partial charge is 0.348 e. The Morgan fingerprint density at radius 2 is 2.10 bits per heavy atom. The molecule has 6 heteroatoms. The van der Waals surface area contributed by atoms with Crippen LogP contribution in [0, 0.1) is 6.92 Å². The number of nitrogens with zero attached hydrogens (tertiary/aromatic N) is 2. The Kier molecular flexibility index (Phi) is 3.79. The maximum absolute atomic E-state index is 11.7. The van der Waals surface area contributed by atoms with Crippen LogP contribution < -0.4 is 0 Å². The van der Waals surface area contributed by atoms with E-state index in [2.05, 4.69) is 10.1 Å². The van der Waals surface area contributed by atoms with Crippen molar-refractivity contribution < 1.29 is 14.1 Å². The van der Waals surface area contributed by atoms with Crippen LogP contribution in [0.3, 0.4) is 0 Å². The molecular formula is C15H12N2O3S. The van der Waals surface area contributed by atoms with Crippen molar-refractivity contribution in [3.8, 4) is 11.4 Å². The van der Waals surface area contributed by atoms with E-state index in [9.17, 15) is 4.79 Å². The fraction of sp³-hybridized carbons (Fsp3) is 0.133. The number of hydrogen-bond donors (Lipinski definition) is 0. The molecule has 0 saturated carbocycles. The van der Waals surface area contributed by atoms with Crippen molar-refractivity contribution >= 4 is 17.3 Å². The lowest BCUT2D eigenvalue weighted by Crippen LogP contribution is -2.03. The van der Waals surface area contributed by atoms with Gasteiger partial charge in [0.1, 0.15) is 4.88 Å². The van der Waals surface area contributed by atoms with Crippen molar-refractivity contribution in [3.05, 3.63) is 58.1 Å². The van der Waals surface area contributed by atoms with E-state index in [1.54, 1.807) is 12.1 Å². The maximum Gasteiger partial charge on any atom is 0.348 e. The minimum Gasteiger partial charge on any atom is -0.451 e. The summed E-state index contributed by atoms with van der Waals surface area (Å²) >= 11 is 1.33. The fourth-order valence-corrected chi connectivity index (χ4v) is 2.34. The van der Waals surface area contributed by atoms with Gasteiger partial charge in [-0.25, -0.2) is 4.79 Å². The van der Waals surface area contributed by atoms with Crippen LogP contribution in [0.5, 0.6) is 0 Å². The van der Waals surface area contributed by atoms with E-state index in [1.165, 1.54) is 11.3 Å². The van der Waals surface area contributed by atoms with E-state index in [4.69, 9.17) is 9.26 Å². The molecule has 0 atom stereocenters. The summed E-state index contributed by atoms with van der Waals surface area (Å²) in [5.41, 5.74) is 2.02. The number of ether oxygens (including phenoxy) is 1. The standard InChI is InChI=1S/C15H12N2O3S/c1-10-4-6-11(7-5-10)14-16-13(20-17-14)9-19-15(18)12-3-2-8-21-12/h2-8H,9H2,1H3. The highest BCUT2D eigenvalue weighted by Crippen LogP contribution is 2.17. The van der Waals surface area contributed by atoms with Crippen LogP contribution in [-0.2, 0) is 11.3 Å². The van der Waals surface area contributed by atoms with Crippen LogP contribution in [0.2, 0.25) is 0 Å². The average Bonchev–Trinajstić information content (AvgIpc) is 3.17. The van der Waals surface area contributed by atoms with Crippen molar-refractivity contribution in [2.75, 3.05) is 0 Å². The summed E-state index contributed by atoms with van der Waals surface area (Å²) in [6.45, 7) is 1.98. The van der Waals surface area contributed by atoms with Crippen molar-refractivity contribution in [3.63, 3.8) is 0 Å². The molecule has 2 aromatic heterocycles. The second-order valence-electron chi connectivity index (χ2n) is 4.43. The van der Waals surface area contributed by atoms with Gasteiger partial charge < -0.3 is 9.26 Å². The van der Waals surface area contributed by atoms with E-state index in [0.717, 1.165) is 11.1 Å². The second kappa shape index (κ2) is 5.88. The van der Waals surface area contributed by atoms with Gasteiger partial charge in [0.15, 0.2) is 6.61 Å². The quantitative estimate of drug-likeness (QED) is 0.690. The molecule has 0 N–H and O–H groups in total. The fourth-order valence-electron chi connectivity index (χ4n) is 1.73. The van der Waals surface area contributed by atoms with Crippen molar-refractivity contribution in [1.29, 1.82) is 0 Å². The van der Waals surface area contributed by atoms with E-state index < -0.39 is 0 Å². The zero-order valence-electron chi connectivity index (χ0n) is 11.3. The lowest BCUT2D eigenvalue weighted by Gasteiger charge is -1.98. The summed E-state index contributed by atoms with van der Waals surface area (Å²) in [6.07, 6.45) is 0. The van der Waals surface area contributed by atoms with Gasteiger partial charge >= 0.3 is 5.97 Å². The molecule has 2 heterocycles. The SMILES string of the molecule is Cc1ccc(-c2noc(COC(=O)c3cccs3)n2)cc1. The van der Waals surface area contributed by atoms with Crippen LogP contribution in [0.1, 0.15) is 21.1 Å². The molecule has 0 aliphatic carbocycles. The molecule has 1 aromatic carbocycles. The number of carbonyl (C=O) groups is 1. The molecule has 0 bridgehead atoms. The Hall–Kier alpha value is -2.47. The van der Waals surface area contributed by atoms with Crippen molar-refractivity contribution in [1.82, 2.24) is 10.1 Å². The first-order valence-corrected chi connectivity index (χ1v) is 7.20. The summed E-state index contributed by atoms with van der Waals surface area (Å²) in [5.74, 6) is 0.368. The normalized spacial score (nSPS) is 10.5. The zero-order chi connectivity index (χ0) is 14.7. The number of aromatic nitrogens is 2. The Morgan fingerprint density at radius 1 is 1.29 bits per heavy atom. The number of benzene rings is 1. The molecule has 21 heavy (non-hydrogen) atoms. The molecule has 0 aliphatic heterocycles. The predicted molar refractivity (Wildman–Crippen MR) is 77.9 cm³/mol. The molecule has 3 rings (SSSR count). The molecule has 0 unspecified atom stereocenters. The van der Waals surface area contributed by atoms with Gasteiger partial charge in [0, 0.05) is 5.56 Å². The van der Waals surface area contributed by atoms with Crippen LogP contribution in [-0.4, -0.2) is 16.1 Å². The number of rotatable bonds is 4. The monoisotopic (exact) mass is 300 g/mol. The van der Waals surface area contributed by atoms with E-state index in [0.29, 0.717) is 10.7 Å². The molecule has 0 fully saturated rings. The Balaban J connectivity index is 1.65. The lowest BCUT2D eigenvalue weighted by atomic mass is 10.1. The third kappa shape index (κ3) is 3.17. The molecule has 3 aromatic rings. The molecule has 0 aliphatic rings. The summed E-state index contributed by atoms with van der Waals surface area (Å²) in [4.78, 5) is 16.5. The van der Waals surface area contributed by atoms with E-state index in [1.807, 2.05) is 36.6 Å². The summed E-state index contributed by atoms with van der Waals surface area (Å²) in [5, 5.41) is 5.70. The van der Waals surface area contributed by atoms with Gasteiger partial charge in [-0.2, -0.15) is 4.98 Å². The first-order chi connectivity index (χ1) is 10.2. The number of esters is 1. The number of carbonyl (C=O) groups excluding carboxylic acids is 1. The summed E-state index contributed by atoms with van der Waals surface area (Å²) < 4.78 is 10.2. The van der Waals surface area contributed by atoms with Crippen molar-refractivity contribution in [2.24, 2.45) is 0 Å². The average molecular weight is 300 g/mol. The number of thiophene rings is 1. The lowest BCUT2D eigenvalue weighted by molar-refractivity contribution is 0.0435. The first kappa shape index (κ1) is 13.5. The summed E-state index contributed by atoms with van der Waals surface area (Å²) in [7, 11) is 0. The third-order valence-corrected chi connectivity index (χ3v) is 3.68. The molecular weight excluding hydrogens is 288 g/mol. The molecule has 5 nitrogen and oxygen atoms in total. The van der Waals surface area contributed by atoms with Gasteiger partial charge in [0.05, 0.1) is 0 Å². The highest BCUT2D eigenvalue weighted by molar-refractivity contribution is 7.11. The topological polar surface area (TPSA) is 65.2 Å². The number of aryl methyl sites for hydroxylation is 1. The minimum absolute atomic E-state index is 0.0321. The molecule has 106 valence electrons. The van der Waals surface area contributed by atoms with Crippen molar-refractivity contribution in [2.45, 2.75) is 13.5 Å². The molecule has 0 saturated heterocycles. The molecule has 0 radical (unpaired) electrons. The van der Waals surface area contributed by atoms with Gasteiger partial charge in [-0.1, -0.05) is 41.1 Å². The summed E-state index contributed by atoms with van der Waals surface area (Å²) in [6, 6.07) is 11.3. The second-order valence-corrected chi connectivity index (χ2v) is 5.38. The minimum atomic E-state index is -0.389. The molecule has 0 amide bonds. The Morgan fingerprint density at radius 3 is 2.81 bits per heavy atom. The van der Waals surface area contributed by atoms with Crippen LogP contribution >= 0.6 is 11.3 Å². The van der Waals surface area contributed by atoms with Crippen LogP contribution in [0.25, 0.3) is 11.4 Å². The molecule has 0 spiro atoms. The Bertz CT molecular complexity index is 733. The predicted octanol–water partition coefficient (Wildman–Crippen LogP) is 3.46. The van der Waals surface area contributed by atoms with E-state index >= 15 is 0 Å². The Labute approximate surface area is 125 Å². The van der Waals surface area contributed by atoms with Gasteiger partial charge in [-0.3, -0.25) is 0 Å². The largest absolute Gasteiger partial charge is 0.451 e. The van der Waals surface area contributed by atoms with Crippen LogP contribution in [0.4, 0.5) is 0 Å². The highest BCUT2D eigenvalue weighted by Gasteiger charge is 2.12.